The normalized spacial score (nSPS) is 20.1. The van der Waals surface area contributed by atoms with Crippen LogP contribution >= 0.6 is 0 Å². The van der Waals surface area contributed by atoms with Gasteiger partial charge in [0.25, 0.3) is 0 Å². The first kappa shape index (κ1) is 17.4. The van der Waals surface area contributed by atoms with Crippen molar-refractivity contribution in [3.8, 4) is 0 Å². The second kappa shape index (κ2) is 8.62. The Morgan fingerprint density at radius 2 is 1.85 bits per heavy atom. The van der Waals surface area contributed by atoms with E-state index in [1.807, 2.05) is 0 Å². The zero-order valence-corrected chi connectivity index (χ0v) is 13.3. The summed E-state index contributed by atoms with van der Waals surface area (Å²) in [6.07, 6.45) is 8.71. The van der Waals surface area contributed by atoms with E-state index in [1.165, 1.54) is 25.7 Å². The zero-order valence-electron chi connectivity index (χ0n) is 12.5. The molecule has 1 fully saturated rings. The average molecular weight is 304 g/mol. The number of hydrogen-bond acceptors (Lipinski definition) is 3. The predicted octanol–water partition coefficient (Wildman–Crippen LogP) is 2.02. The lowest BCUT2D eigenvalue weighted by Crippen LogP contribution is -2.47. The summed E-state index contributed by atoms with van der Waals surface area (Å²) in [7, 11) is -3.52. The summed E-state index contributed by atoms with van der Waals surface area (Å²) < 4.78 is 22.7. The Morgan fingerprint density at radius 3 is 2.50 bits per heavy atom. The van der Waals surface area contributed by atoms with Crippen molar-refractivity contribution in [1.29, 1.82) is 0 Å². The van der Waals surface area contributed by atoms with Gasteiger partial charge in [-0.1, -0.05) is 39.0 Å². The summed E-state index contributed by atoms with van der Waals surface area (Å²) in [5.74, 6) is 0.0776. The average Bonchev–Trinajstić information content (AvgIpc) is 2.41. The fourth-order valence-corrected chi connectivity index (χ4v) is 3.53. The Kier molecular flexibility index (Phi) is 7.51. The number of primary sulfonamides is 1. The molecule has 5 nitrogen and oxygen atoms in total. The van der Waals surface area contributed by atoms with Crippen LogP contribution in [0.2, 0.25) is 0 Å². The van der Waals surface area contributed by atoms with E-state index in [0.29, 0.717) is 19.4 Å². The van der Waals surface area contributed by atoms with Crippen LogP contribution in [0.4, 0.5) is 0 Å². The molecule has 0 radical (unpaired) electrons. The fourth-order valence-electron chi connectivity index (χ4n) is 2.65. The van der Waals surface area contributed by atoms with Gasteiger partial charge in [-0.3, -0.25) is 4.79 Å². The molecule has 6 heteroatoms. The van der Waals surface area contributed by atoms with Crippen molar-refractivity contribution < 1.29 is 13.2 Å². The Balaban J connectivity index is 2.26. The van der Waals surface area contributed by atoms with Crippen molar-refractivity contribution in [3.05, 3.63) is 0 Å². The molecule has 0 aromatic heterocycles. The van der Waals surface area contributed by atoms with E-state index in [1.54, 1.807) is 4.90 Å². The molecule has 2 N–H and O–H groups in total. The largest absolute Gasteiger partial charge is 0.341 e. The number of piperidine rings is 1. The number of amides is 1. The highest BCUT2D eigenvalue weighted by atomic mass is 32.2. The van der Waals surface area contributed by atoms with Crippen molar-refractivity contribution in [2.45, 2.75) is 70.0 Å². The molecule has 0 spiro atoms. The van der Waals surface area contributed by atoms with E-state index in [9.17, 15) is 13.2 Å². The first-order valence-electron chi connectivity index (χ1n) is 7.74. The van der Waals surface area contributed by atoms with Crippen LogP contribution in [0.15, 0.2) is 0 Å². The van der Waals surface area contributed by atoms with E-state index in [-0.39, 0.29) is 12.5 Å². The number of nitrogens with zero attached hydrogens (tertiary/aromatic N) is 1. The van der Waals surface area contributed by atoms with Gasteiger partial charge in [0.15, 0.2) is 0 Å². The summed E-state index contributed by atoms with van der Waals surface area (Å²) >= 11 is 0. The minimum absolute atomic E-state index is 0.0776. The summed E-state index contributed by atoms with van der Waals surface area (Å²) in [5, 5.41) is 4.60. The van der Waals surface area contributed by atoms with Gasteiger partial charge >= 0.3 is 0 Å². The number of carbonyl (C=O) groups excluding carboxylic acids is 1. The van der Waals surface area contributed by atoms with Crippen LogP contribution in [0.5, 0.6) is 0 Å². The maximum atomic E-state index is 12.0. The number of likely N-dealkylation sites (tertiary alicyclic amines) is 1. The molecule has 0 aromatic carbocycles. The molecule has 1 aliphatic heterocycles. The Hall–Kier alpha value is -0.620. The number of sulfonamides is 1. The molecule has 0 bridgehead atoms. The molecule has 20 heavy (non-hydrogen) atoms. The van der Waals surface area contributed by atoms with Crippen LogP contribution in [0, 0.1) is 0 Å². The van der Waals surface area contributed by atoms with E-state index in [0.717, 1.165) is 19.3 Å². The van der Waals surface area contributed by atoms with Gasteiger partial charge in [0.2, 0.25) is 15.9 Å². The van der Waals surface area contributed by atoms with Gasteiger partial charge in [-0.15, -0.1) is 0 Å². The summed E-state index contributed by atoms with van der Waals surface area (Å²) in [5.41, 5.74) is 0. The van der Waals surface area contributed by atoms with E-state index in [2.05, 4.69) is 6.92 Å². The van der Waals surface area contributed by atoms with Gasteiger partial charge in [-0.25, -0.2) is 13.6 Å². The first-order valence-corrected chi connectivity index (χ1v) is 9.35. The third kappa shape index (κ3) is 6.22. The van der Waals surface area contributed by atoms with Crippen molar-refractivity contribution in [2.24, 2.45) is 5.14 Å². The summed E-state index contributed by atoms with van der Waals surface area (Å²) in [6.45, 7) is 3.12. The van der Waals surface area contributed by atoms with E-state index >= 15 is 0 Å². The molecule has 1 atom stereocenters. The van der Waals surface area contributed by atoms with Crippen molar-refractivity contribution in [3.63, 3.8) is 0 Å². The van der Waals surface area contributed by atoms with Crippen LogP contribution in [-0.4, -0.2) is 37.6 Å². The third-order valence-electron chi connectivity index (χ3n) is 3.94. The highest BCUT2D eigenvalue weighted by Crippen LogP contribution is 2.17. The van der Waals surface area contributed by atoms with Crippen LogP contribution in [-0.2, 0) is 14.8 Å². The quantitative estimate of drug-likeness (QED) is 0.697. The van der Waals surface area contributed by atoms with Gasteiger partial charge in [0.1, 0.15) is 0 Å². The van der Waals surface area contributed by atoms with Crippen molar-refractivity contribution in [1.82, 2.24) is 4.90 Å². The lowest BCUT2D eigenvalue weighted by Gasteiger charge is -2.31. The molecule has 1 heterocycles. The summed E-state index contributed by atoms with van der Waals surface area (Å²) in [4.78, 5) is 13.7. The van der Waals surface area contributed by atoms with E-state index < -0.39 is 15.3 Å². The second-order valence-corrected chi connectivity index (χ2v) is 7.56. The Bertz CT molecular complexity index is 395. The number of carbonyl (C=O) groups is 1. The van der Waals surface area contributed by atoms with Crippen LogP contribution in [0.1, 0.15) is 64.7 Å². The van der Waals surface area contributed by atoms with Gasteiger partial charge in [0, 0.05) is 19.5 Å². The highest BCUT2D eigenvalue weighted by Gasteiger charge is 2.29. The van der Waals surface area contributed by atoms with Crippen molar-refractivity contribution in [2.75, 3.05) is 13.1 Å². The van der Waals surface area contributed by atoms with Gasteiger partial charge in [0.05, 0.1) is 5.25 Å². The van der Waals surface area contributed by atoms with Crippen molar-refractivity contribution >= 4 is 15.9 Å². The SMILES string of the molecule is CCCCCCCCC(=O)N1CCCC(S(N)(=O)=O)C1. The molecule has 1 aliphatic rings. The monoisotopic (exact) mass is 304 g/mol. The zero-order chi connectivity index (χ0) is 15.0. The molecular weight excluding hydrogens is 276 g/mol. The molecule has 1 unspecified atom stereocenters. The first-order chi connectivity index (χ1) is 9.45. The lowest BCUT2D eigenvalue weighted by molar-refractivity contribution is -0.132. The minimum Gasteiger partial charge on any atom is -0.341 e. The number of nitrogens with two attached hydrogens (primary N) is 1. The lowest BCUT2D eigenvalue weighted by atomic mass is 10.1. The van der Waals surface area contributed by atoms with Gasteiger partial charge in [-0.2, -0.15) is 0 Å². The maximum Gasteiger partial charge on any atom is 0.222 e. The van der Waals surface area contributed by atoms with Gasteiger partial charge in [-0.05, 0) is 19.3 Å². The van der Waals surface area contributed by atoms with Crippen LogP contribution in [0.3, 0.4) is 0 Å². The second-order valence-electron chi connectivity index (χ2n) is 5.71. The molecule has 0 saturated carbocycles. The summed E-state index contributed by atoms with van der Waals surface area (Å²) in [6, 6.07) is 0. The smallest absolute Gasteiger partial charge is 0.222 e. The molecule has 0 aliphatic carbocycles. The number of hydrogen-bond donors (Lipinski definition) is 1. The van der Waals surface area contributed by atoms with E-state index in [4.69, 9.17) is 5.14 Å². The Labute approximate surface area is 122 Å². The molecule has 0 aromatic rings. The van der Waals surface area contributed by atoms with Gasteiger partial charge < -0.3 is 4.90 Å². The number of unbranched alkanes of at least 4 members (excludes halogenated alkanes) is 5. The van der Waals surface area contributed by atoms with Crippen LogP contribution < -0.4 is 5.14 Å². The van der Waals surface area contributed by atoms with Crippen LogP contribution in [0.25, 0.3) is 0 Å². The molecule has 1 saturated heterocycles. The third-order valence-corrected chi connectivity index (χ3v) is 5.25. The number of rotatable bonds is 8. The molecular formula is C14H28N2O3S. The predicted molar refractivity (Wildman–Crippen MR) is 80.7 cm³/mol. The molecule has 1 rings (SSSR count). The molecule has 118 valence electrons. The Morgan fingerprint density at radius 1 is 1.20 bits per heavy atom. The topological polar surface area (TPSA) is 80.5 Å². The minimum atomic E-state index is -3.52. The maximum absolute atomic E-state index is 12.0. The standard InChI is InChI=1S/C14H28N2O3S/c1-2-3-4-5-6-7-10-14(17)16-11-8-9-13(12-16)20(15,18)19/h13H,2-12H2,1H3,(H2,15,18,19). The fraction of sp³-hybridized carbons (Fsp3) is 0.929. The highest BCUT2D eigenvalue weighted by molar-refractivity contribution is 7.89. The molecule has 1 amide bonds.